The van der Waals surface area contributed by atoms with Crippen molar-refractivity contribution in [3.63, 3.8) is 0 Å². The summed E-state index contributed by atoms with van der Waals surface area (Å²) < 4.78 is 23.7. The van der Waals surface area contributed by atoms with Gasteiger partial charge in [0, 0.05) is 17.7 Å². The first-order valence-electron chi connectivity index (χ1n) is 8.89. The minimum absolute atomic E-state index is 0.101. The van der Waals surface area contributed by atoms with Crippen molar-refractivity contribution < 1.29 is 18.4 Å². The van der Waals surface area contributed by atoms with Crippen molar-refractivity contribution in [3.8, 4) is 17.0 Å². The zero-order valence-corrected chi connectivity index (χ0v) is 14.6. The van der Waals surface area contributed by atoms with E-state index in [-0.39, 0.29) is 23.5 Å². The van der Waals surface area contributed by atoms with Crippen LogP contribution in [0.2, 0.25) is 0 Å². The van der Waals surface area contributed by atoms with Gasteiger partial charge in [0.25, 0.3) is 5.91 Å². The molecule has 4 rings (SSSR count). The molecule has 1 aromatic heterocycles. The van der Waals surface area contributed by atoms with Crippen LogP contribution in [-0.2, 0) is 0 Å². The maximum absolute atomic E-state index is 12.9. The molecule has 0 radical (unpaired) electrons. The molecule has 27 heavy (non-hydrogen) atoms. The van der Waals surface area contributed by atoms with Gasteiger partial charge in [0.1, 0.15) is 17.3 Å². The minimum Gasteiger partial charge on any atom is -0.493 e. The van der Waals surface area contributed by atoms with Gasteiger partial charge in [0.05, 0.1) is 6.61 Å². The maximum Gasteiger partial charge on any atom is 0.290 e. The molecule has 1 aliphatic rings. The lowest BCUT2D eigenvalue weighted by Gasteiger charge is -2.35. The van der Waals surface area contributed by atoms with Gasteiger partial charge in [-0.25, -0.2) is 4.39 Å². The largest absolute Gasteiger partial charge is 0.493 e. The molecule has 0 atom stereocenters. The molecule has 1 N–H and O–H groups in total. The molecule has 0 saturated heterocycles. The second kappa shape index (κ2) is 7.61. The molecule has 1 fully saturated rings. The lowest BCUT2D eigenvalue weighted by Crippen LogP contribution is -2.45. The van der Waals surface area contributed by atoms with Crippen molar-refractivity contribution in [1.82, 2.24) is 10.5 Å². The molecule has 1 heterocycles. The maximum atomic E-state index is 12.9. The predicted molar refractivity (Wildman–Crippen MR) is 97.8 cm³/mol. The van der Waals surface area contributed by atoms with Crippen molar-refractivity contribution in [2.24, 2.45) is 5.92 Å². The van der Waals surface area contributed by atoms with Gasteiger partial charge in [0.2, 0.25) is 5.76 Å². The number of ether oxygens (including phenoxy) is 1. The summed E-state index contributed by atoms with van der Waals surface area (Å²) >= 11 is 0. The SMILES string of the molecule is O=C(NC1CC(COc2ccc(F)cc2)C1)c1cc(-c2ccccc2)no1. The normalized spacial score (nSPS) is 18.6. The van der Waals surface area contributed by atoms with Gasteiger partial charge in [-0.15, -0.1) is 0 Å². The van der Waals surface area contributed by atoms with E-state index in [0.717, 1.165) is 18.4 Å². The summed E-state index contributed by atoms with van der Waals surface area (Å²) in [5.41, 5.74) is 1.54. The number of amides is 1. The van der Waals surface area contributed by atoms with E-state index in [1.165, 1.54) is 12.1 Å². The van der Waals surface area contributed by atoms with E-state index in [1.807, 2.05) is 30.3 Å². The highest BCUT2D eigenvalue weighted by Crippen LogP contribution is 2.29. The molecule has 5 nitrogen and oxygen atoms in total. The average Bonchev–Trinajstić information content (AvgIpc) is 3.16. The minimum atomic E-state index is -0.281. The van der Waals surface area contributed by atoms with Crippen LogP contribution in [0.25, 0.3) is 11.3 Å². The van der Waals surface area contributed by atoms with Gasteiger partial charge in [0.15, 0.2) is 0 Å². The van der Waals surface area contributed by atoms with Crippen LogP contribution >= 0.6 is 0 Å². The van der Waals surface area contributed by atoms with Crippen molar-refractivity contribution in [1.29, 1.82) is 0 Å². The van der Waals surface area contributed by atoms with Crippen LogP contribution in [0.3, 0.4) is 0 Å². The molecule has 1 amide bonds. The number of nitrogens with zero attached hydrogens (tertiary/aromatic N) is 1. The monoisotopic (exact) mass is 366 g/mol. The van der Waals surface area contributed by atoms with E-state index in [2.05, 4.69) is 10.5 Å². The Morgan fingerprint density at radius 1 is 1.15 bits per heavy atom. The summed E-state index contributed by atoms with van der Waals surface area (Å²) in [7, 11) is 0. The zero-order valence-electron chi connectivity index (χ0n) is 14.6. The van der Waals surface area contributed by atoms with Crippen LogP contribution < -0.4 is 10.1 Å². The number of aromatic nitrogens is 1. The van der Waals surface area contributed by atoms with Crippen molar-refractivity contribution >= 4 is 5.91 Å². The van der Waals surface area contributed by atoms with E-state index in [4.69, 9.17) is 9.26 Å². The fraction of sp³-hybridized carbons (Fsp3) is 0.238. The molecule has 3 aromatic rings. The fourth-order valence-electron chi connectivity index (χ4n) is 3.12. The summed E-state index contributed by atoms with van der Waals surface area (Å²) in [4.78, 5) is 12.3. The molecule has 2 aromatic carbocycles. The average molecular weight is 366 g/mol. The number of carbonyl (C=O) groups is 1. The molecular formula is C21H19FN2O3. The summed E-state index contributed by atoms with van der Waals surface area (Å²) in [5.74, 6) is 0.693. The van der Waals surface area contributed by atoms with E-state index in [1.54, 1.807) is 18.2 Å². The quantitative estimate of drug-likeness (QED) is 0.714. The van der Waals surface area contributed by atoms with E-state index in [9.17, 15) is 9.18 Å². The number of benzene rings is 2. The Morgan fingerprint density at radius 3 is 2.63 bits per heavy atom. The number of carbonyl (C=O) groups excluding carboxylic acids is 1. The van der Waals surface area contributed by atoms with Crippen LogP contribution in [0.5, 0.6) is 5.75 Å². The second-order valence-corrected chi connectivity index (χ2v) is 6.72. The third-order valence-electron chi connectivity index (χ3n) is 4.67. The molecular weight excluding hydrogens is 347 g/mol. The summed E-state index contributed by atoms with van der Waals surface area (Å²) in [6.07, 6.45) is 1.68. The first-order valence-corrected chi connectivity index (χ1v) is 8.89. The molecule has 138 valence electrons. The Kier molecular flexibility index (Phi) is 4.87. The lowest BCUT2D eigenvalue weighted by molar-refractivity contribution is 0.0815. The molecule has 1 saturated carbocycles. The number of rotatable bonds is 6. The van der Waals surface area contributed by atoms with Gasteiger partial charge >= 0.3 is 0 Å². The summed E-state index contributed by atoms with van der Waals surface area (Å²) in [5, 5.41) is 6.92. The number of hydrogen-bond acceptors (Lipinski definition) is 4. The highest BCUT2D eigenvalue weighted by atomic mass is 19.1. The van der Waals surface area contributed by atoms with Gasteiger partial charge in [-0.2, -0.15) is 0 Å². The first kappa shape index (κ1) is 17.3. The molecule has 0 aliphatic heterocycles. The van der Waals surface area contributed by atoms with Crippen LogP contribution in [0.4, 0.5) is 4.39 Å². The van der Waals surface area contributed by atoms with Crippen molar-refractivity contribution in [2.75, 3.05) is 6.61 Å². The lowest BCUT2D eigenvalue weighted by atomic mass is 9.81. The first-order chi connectivity index (χ1) is 13.2. The van der Waals surface area contributed by atoms with E-state index in [0.29, 0.717) is 24.0 Å². The molecule has 1 aliphatic carbocycles. The second-order valence-electron chi connectivity index (χ2n) is 6.72. The topological polar surface area (TPSA) is 64.4 Å². The summed E-state index contributed by atoms with van der Waals surface area (Å²) in [6.45, 7) is 0.554. The van der Waals surface area contributed by atoms with E-state index >= 15 is 0 Å². The number of hydrogen-bond donors (Lipinski definition) is 1. The Morgan fingerprint density at radius 2 is 1.89 bits per heavy atom. The van der Waals surface area contributed by atoms with Crippen molar-refractivity contribution in [3.05, 3.63) is 72.2 Å². The molecule has 6 heteroatoms. The van der Waals surface area contributed by atoms with Crippen molar-refractivity contribution in [2.45, 2.75) is 18.9 Å². The van der Waals surface area contributed by atoms with Crippen LogP contribution in [0.15, 0.2) is 65.2 Å². The van der Waals surface area contributed by atoms with Gasteiger partial charge in [-0.1, -0.05) is 35.5 Å². The van der Waals surface area contributed by atoms with E-state index < -0.39 is 0 Å². The highest BCUT2D eigenvalue weighted by molar-refractivity contribution is 5.92. The number of nitrogens with one attached hydrogen (secondary N) is 1. The Hall–Kier alpha value is -3.15. The Bertz CT molecular complexity index is 903. The third kappa shape index (κ3) is 4.16. The smallest absolute Gasteiger partial charge is 0.290 e. The van der Waals surface area contributed by atoms with Gasteiger partial charge in [-0.05, 0) is 43.0 Å². The molecule has 0 spiro atoms. The van der Waals surface area contributed by atoms with Gasteiger partial charge in [-0.3, -0.25) is 4.79 Å². The highest BCUT2D eigenvalue weighted by Gasteiger charge is 2.31. The Balaban J connectivity index is 1.23. The third-order valence-corrected chi connectivity index (χ3v) is 4.67. The molecule has 0 unspecified atom stereocenters. The standard InChI is InChI=1S/C21H19FN2O3/c22-16-6-8-18(9-7-16)26-13-14-10-17(11-14)23-21(25)20-12-19(24-27-20)15-4-2-1-3-5-15/h1-9,12,14,17H,10-11,13H2,(H,23,25). The molecule has 0 bridgehead atoms. The van der Waals surface area contributed by atoms with Crippen LogP contribution in [0.1, 0.15) is 23.4 Å². The Labute approximate surface area is 156 Å². The van der Waals surface area contributed by atoms with Crippen LogP contribution in [-0.4, -0.2) is 23.7 Å². The predicted octanol–water partition coefficient (Wildman–Crippen LogP) is 4.07. The van der Waals surface area contributed by atoms with Gasteiger partial charge < -0.3 is 14.6 Å². The fourth-order valence-corrected chi connectivity index (χ4v) is 3.12. The van der Waals surface area contributed by atoms with Crippen LogP contribution in [0, 0.1) is 11.7 Å². The zero-order chi connectivity index (χ0) is 18.6. The summed E-state index contributed by atoms with van der Waals surface area (Å²) in [6, 6.07) is 17.3. The number of halogens is 1.